The van der Waals surface area contributed by atoms with Gasteiger partial charge in [0, 0.05) is 42.0 Å². The second-order valence-electron chi connectivity index (χ2n) is 8.04. The molecule has 0 unspecified atom stereocenters. The van der Waals surface area contributed by atoms with Crippen molar-refractivity contribution in [3.05, 3.63) is 51.9 Å². The van der Waals surface area contributed by atoms with Crippen LogP contribution in [0.2, 0.25) is 5.02 Å². The van der Waals surface area contributed by atoms with Crippen molar-refractivity contribution in [2.75, 3.05) is 11.4 Å². The number of hydrogen-bond donors (Lipinski definition) is 0. The van der Waals surface area contributed by atoms with Gasteiger partial charge in [0.25, 0.3) is 5.56 Å². The molecule has 0 amide bonds. The average molecular weight is 413 g/mol. The van der Waals surface area contributed by atoms with Crippen molar-refractivity contribution in [1.29, 1.82) is 0 Å². The van der Waals surface area contributed by atoms with Crippen LogP contribution in [0.3, 0.4) is 0 Å². The van der Waals surface area contributed by atoms with Gasteiger partial charge in [-0.15, -0.1) is 0 Å². The minimum atomic E-state index is -0.0211. The van der Waals surface area contributed by atoms with Crippen LogP contribution in [-0.4, -0.2) is 26.5 Å². The topological polar surface area (TPSA) is 42.5 Å². The van der Waals surface area contributed by atoms with Crippen LogP contribution in [0.4, 0.5) is 5.82 Å². The highest BCUT2D eigenvalue weighted by Crippen LogP contribution is 2.27. The molecule has 0 spiro atoms. The van der Waals surface area contributed by atoms with E-state index in [1.54, 1.807) is 10.5 Å². The molecule has 3 aromatic rings. The molecule has 154 valence electrons. The molecule has 0 aliphatic carbocycles. The van der Waals surface area contributed by atoms with E-state index in [0.717, 1.165) is 55.2 Å². The number of aryl methyl sites for hydroxylation is 1. The SMILES string of the molecule is CCCCCn1c(N2CCCC[C@H]2C)cc(=O)n2cc(-c3ccc(Cl)cc3)nc12. The molecule has 2 aromatic heterocycles. The summed E-state index contributed by atoms with van der Waals surface area (Å²) in [7, 11) is 0. The number of piperidine rings is 1. The van der Waals surface area contributed by atoms with Gasteiger partial charge in [0.05, 0.1) is 5.69 Å². The van der Waals surface area contributed by atoms with Gasteiger partial charge in [-0.25, -0.2) is 4.98 Å². The van der Waals surface area contributed by atoms with Gasteiger partial charge in [-0.3, -0.25) is 13.8 Å². The first kappa shape index (κ1) is 20.0. The number of aromatic nitrogens is 3. The van der Waals surface area contributed by atoms with E-state index < -0.39 is 0 Å². The van der Waals surface area contributed by atoms with E-state index in [-0.39, 0.29) is 5.56 Å². The summed E-state index contributed by atoms with van der Waals surface area (Å²) < 4.78 is 3.94. The molecule has 5 nitrogen and oxygen atoms in total. The van der Waals surface area contributed by atoms with E-state index in [1.165, 1.54) is 19.3 Å². The molecule has 1 fully saturated rings. The Kier molecular flexibility index (Phi) is 5.95. The maximum Gasteiger partial charge on any atom is 0.261 e. The van der Waals surface area contributed by atoms with Gasteiger partial charge in [-0.2, -0.15) is 0 Å². The molecular formula is C23H29ClN4O. The lowest BCUT2D eigenvalue weighted by Crippen LogP contribution is -2.40. The molecular weight excluding hydrogens is 384 g/mol. The second-order valence-corrected chi connectivity index (χ2v) is 8.48. The first-order chi connectivity index (χ1) is 14.1. The van der Waals surface area contributed by atoms with Crippen LogP contribution in [0.15, 0.2) is 41.3 Å². The van der Waals surface area contributed by atoms with E-state index in [4.69, 9.17) is 16.6 Å². The zero-order valence-electron chi connectivity index (χ0n) is 17.3. The Morgan fingerprint density at radius 1 is 1.17 bits per heavy atom. The Hall–Kier alpha value is -2.27. The lowest BCUT2D eigenvalue weighted by molar-refractivity contribution is 0.469. The van der Waals surface area contributed by atoms with E-state index >= 15 is 0 Å². The Morgan fingerprint density at radius 3 is 2.69 bits per heavy atom. The first-order valence-corrected chi connectivity index (χ1v) is 11.1. The molecule has 1 aromatic carbocycles. The fourth-order valence-electron chi connectivity index (χ4n) is 4.25. The molecule has 6 heteroatoms. The molecule has 0 radical (unpaired) electrons. The Labute approximate surface area is 176 Å². The Morgan fingerprint density at radius 2 is 1.97 bits per heavy atom. The van der Waals surface area contributed by atoms with Crippen LogP contribution in [0.5, 0.6) is 0 Å². The zero-order chi connectivity index (χ0) is 20.4. The number of benzene rings is 1. The molecule has 29 heavy (non-hydrogen) atoms. The number of rotatable bonds is 6. The van der Waals surface area contributed by atoms with Crippen LogP contribution in [0, 0.1) is 0 Å². The molecule has 3 heterocycles. The Bertz CT molecular complexity index is 1040. The zero-order valence-corrected chi connectivity index (χ0v) is 18.0. The predicted octanol–water partition coefficient (Wildman–Crippen LogP) is 5.39. The third kappa shape index (κ3) is 4.06. The number of hydrogen-bond acceptors (Lipinski definition) is 3. The van der Waals surface area contributed by atoms with E-state index in [2.05, 4.69) is 23.3 Å². The number of fused-ring (bicyclic) bond motifs is 1. The van der Waals surface area contributed by atoms with Crippen molar-refractivity contribution < 1.29 is 0 Å². The first-order valence-electron chi connectivity index (χ1n) is 10.7. The molecule has 1 aliphatic heterocycles. The minimum absolute atomic E-state index is 0.0211. The Balaban J connectivity index is 1.85. The summed E-state index contributed by atoms with van der Waals surface area (Å²) in [6.07, 6.45) is 8.84. The normalized spacial score (nSPS) is 17.2. The van der Waals surface area contributed by atoms with Crippen molar-refractivity contribution in [2.45, 2.75) is 65.0 Å². The fourth-order valence-corrected chi connectivity index (χ4v) is 4.38. The number of unbranched alkanes of at least 4 members (excludes halogenated alkanes) is 2. The lowest BCUT2D eigenvalue weighted by atomic mass is 10.0. The number of halogens is 1. The summed E-state index contributed by atoms with van der Waals surface area (Å²) in [5.74, 6) is 1.74. The lowest BCUT2D eigenvalue weighted by Gasteiger charge is -2.36. The van der Waals surface area contributed by atoms with Crippen molar-refractivity contribution in [1.82, 2.24) is 14.0 Å². The smallest absolute Gasteiger partial charge is 0.261 e. The second kappa shape index (κ2) is 8.62. The molecule has 1 atom stereocenters. The van der Waals surface area contributed by atoms with Gasteiger partial charge < -0.3 is 4.90 Å². The van der Waals surface area contributed by atoms with Crippen LogP contribution in [-0.2, 0) is 6.54 Å². The number of imidazole rings is 1. The van der Waals surface area contributed by atoms with Crippen molar-refractivity contribution in [3.63, 3.8) is 0 Å². The van der Waals surface area contributed by atoms with Gasteiger partial charge in [0.2, 0.25) is 5.78 Å². The molecule has 1 saturated heterocycles. The molecule has 4 rings (SSSR count). The van der Waals surface area contributed by atoms with E-state index in [1.807, 2.05) is 30.5 Å². The number of anilines is 1. The highest BCUT2D eigenvalue weighted by molar-refractivity contribution is 6.30. The monoisotopic (exact) mass is 412 g/mol. The van der Waals surface area contributed by atoms with Crippen LogP contribution in [0.1, 0.15) is 52.4 Å². The summed E-state index contributed by atoms with van der Waals surface area (Å²) in [5.41, 5.74) is 1.74. The van der Waals surface area contributed by atoms with Crippen molar-refractivity contribution in [3.8, 4) is 11.3 Å². The molecule has 0 bridgehead atoms. The highest BCUT2D eigenvalue weighted by Gasteiger charge is 2.23. The largest absolute Gasteiger partial charge is 0.355 e. The van der Waals surface area contributed by atoms with Crippen LogP contribution >= 0.6 is 11.6 Å². The molecule has 0 saturated carbocycles. The summed E-state index contributed by atoms with van der Waals surface area (Å²) in [6, 6.07) is 9.85. The maximum atomic E-state index is 13.0. The maximum absolute atomic E-state index is 13.0. The molecule has 1 aliphatic rings. The van der Waals surface area contributed by atoms with Crippen LogP contribution in [0.25, 0.3) is 17.0 Å². The summed E-state index contributed by atoms with van der Waals surface area (Å²) in [5, 5.41) is 0.693. The fraction of sp³-hybridized carbons (Fsp3) is 0.478. The van der Waals surface area contributed by atoms with Gasteiger partial charge in [-0.1, -0.05) is 43.5 Å². The van der Waals surface area contributed by atoms with Gasteiger partial charge in [-0.05, 0) is 44.7 Å². The summed E-state index contributed by atoms with van der Waals surface area (Å²) in [6.45, 7) is 6.33. The molecule has 0 N–H and O–H groups in total. The third-order valence-electron chi connectivity index (χ3n) is 5.92. The van der Waals surface area contributed by atoms with E-state index in [9.17, 15) is 4.79 Å². The quantitative estimate of drug-likeness (QED) is 0.510. The highest BCUT2D eigenvalue weighted by atomic mass is 35.5. The van der Waals surface area contributed by atoms with Crippen molar-refractivity contribution in [2.24, 2.45) is 0 Å². The third-order valence-corrected chi connectivity index (χ3v) is 6.17. The van der Waals surface area contributed by atoms with Gasteiger partial charge in [0.15, 0.2) is 0 Å². The number of nitrogens with zero attached hydrogens (tertiary/aromatic N) is 4. The van der Waals surface area contributed by atoms with Crippen LogP contribution < -0.4 is 10.5 Å². The van der Waals surface area contributed by atoms with Gasteiger partial charge in [0.1, 0.15) is 5.82 Å². The summed E-state index contributed by atoms with van der Waals surface area (Å²) >= 11 is 6.03. The standard InChI is InChI=1S/C23H29ClN4O/c1-3-4-6-14-27-21(26-13-7-5-8-17(26)2)15-22(29)28-16-20(25-23(27)28)18-9-11-19(24)12-10-18/h9-12,15-17H,3-8,13-14H2,1-2H3/t17-/m1/s1. The van der Waals surface area contributed by atoms with Crippen molar-refractivity contribution >= 4 is 23.2 Å². The summed E-state index contributed by atoms with van der Waals surface area (Å²) in [4.78, 5) is 20.3. The minimum Gasteiger partial charge on any atom is -0.355 e. The average Bonchev–Trinajstić information content (AvgIpc) is 3.17. The predicted molar refractivity (Wildman–Crippen MR) is 120 cm³/mol. The van der Waals surface area contributed by atoms with Gasteiger partial charge >= 0.3 is 0 Å². The van der Waals surface area contributed by atoms with E-state index in [0.29, 0.717) is 11.1 Å².